The molecule has 5 nitrogen and oxygen atoms in total. The van der Waals surface area contributed by atoms with Crippen molar-refractivity contribution in [2.24, 2.45) is 5.18 Å². The van der Waals surface area contributed by atoms with Crippen LogP contribution >= 0.6 is 0 Å². The predicted octanol–water partition coefficient (Wildman–Crippen LogP) is 2.21. The van der Waals surface area contributed by atoms with Gasteiger partial charge in [0, 0.05) is 19.4 Å². The minimum Gasteiger partial charge on any atom is -0.357 e. The minimum atomic E-state index is 0.413. The third-order valence-electron chi connectivity index (χ3n) is 2.14. The van der Waals surface area contributed by atoms with E-state index in [4.69, 9.17) is 4.74 Å². The van der Waals surface area contributed by atoms with Crippen LogP contribution in [0.25, 0.3) is 0 Å². The van der Waals surface area contributed by atoms with Crippen LogP contribution < -0.4 is 0 Å². The summed E-state index contributed by atoms with van der Waals surface area (Å²) in [6.07, 6.45) is 10.0. The molecular weight excluding hydrogens is 206 g/mol. The zero-order chi connectivity index (χ0) is 11.8. The maximum atomic E-state index is 10.2. The molecule has 0 saturated carbocycles. The second kappa shape index (κ2) is 6.79. The molecule has 0 aliphatic carbocycles. The van der Waals surface area contributed by atoms with E-state index in [1.54, 1.807) is 0 Å². The highest BCUT2D eigenvalue weighted by Gasteiger charge is 2.16. The molecule has 0 aromatic carbocycles. The summed E-state index contributed by atoms with van der Waals surface area (Å²) in [5.41, 5.74) is 0. The van der Waals surface area contributed by atoms with Crippen LogP contribution in [0.1, 0.15) is 13.3 Å². The molecule has 1 aliphatic heterocycles. The van der Waals surface area contributed by atoms with E-state index in [1.807, 2.05) is 35.3 Å². The molecule has 0 amide bonds. The lowest BCUT2D eigenvalue weighted by Gasteiger charge is -2.20. The monoisotopic (exact) mass is 223 g/mol. The smallest absolute Gasteiger partial charge is 0.136 e. The second-order valence-electron chi connectivity index (χ2n) is 3.35. The van der Waals surface area contributed by atoms with Crippen molar-refractivity contribution in [1.82, 2.24) is 9.80 Å². The predicted molar refractivity (Wildman–Crippen MR) is 62.9 cm³/mol. The molecule has 0 saturated heterocycles. The quantitative estimate of drug-likeness (QED) is 0.393. The van der Waals surface area contributed by atoms with E-state index in [9.17, 15) is 4.91 Å². The van der Waals surface area contributed by atoms with Crippen LogP contribution in [0.5, 0.6) is 0 Å². The van der Waals surface area contributed by atoms with Crippen molar-refractivity contribution in [3.8, 4) is 0 Å². The van der Waals surface area contributed by atoms with Gasteiger partial charge in [0.2, 0.25) is 0 Å². The Morgan fingerprint density at radius 2 is 2.25 bits per heavy atom. The Bertz CT molecular complexity index is 310. The Morgan fingerprint density at radius 1 is 1.44 bits per heavy atom. The molecule has 1 heterocycles. The molecule has 88 valence electrons. The molecule has 0 radical (unpaired) electrons. The van der Waals surface area contributed by atoms with Gasteiger partial charge in [0.25, 0.3) is 0 Å². The Morgan fingerprint density at radius 3 is 2.94 bits per heavy atom. The van der Waals surface area contributed by atoms with Gasteiger partial charge in [-0.15, -0.1) is 4.91 Å². The van der Waals surface area contributed by atoms with Crippen molar-refractivity contribution in [3.63, 3.8) is 0 Å². The number of hydrogen-bond donors (Lipinski definition) is 0. The molecule has 1 rings (SSSR count). The van der Waals surface area contributed by atoms with Crippen LogP contribution in [0.2, 0.25) is 0 Å². The fraction of sp³-hybridized carbons (Fsp3) is 0.455. The van der Waals surface area contributed by atoms with Gasteiger partial charge in [-0.2, -0.15) is 0 Å². The van der Waals surface area contributed by atoms with Crippen molar-refractivity contribution in [2.75, 3.05) is 20.4 Å². The topological polar surface area (TPSA) is 45.1 Å². The van der Waals surface area contributed by atoms with Crippen LogP contribution in [0.3, 0.4) is 0 Å². The Kier molecular flexibility index (Phi) is 5.28. The summed E-state index contributed by atoms with van der Waals surface area (Å²) in [7, 11) is 1.85. The zero-order valence-corrected chi connectivity index (χ0v) is 9.67. The van der Waals surface area contributed by atoms with E-state index >= 15 is 0 Å². The van der Waals surface area contributed by atoms with Gasteiger partial charge in [0.1, 0.15) is 18.8 Å². The lowest BCUT2D eigenvalue weighted by molar-refractivity contribution is 0.0848. The van der Waals surface area contributed by atoms with Gasteiger partial charge in [0.05, 0.1) is 6.61 Å². The summed E-state index contributed by atoms with van der Waals surface area (Å²) in [4.78, 5) is 13.8. The highest BCUT2D eigenvalue weighted by atomic mass is 16.5. The number of ether oxygens (including phenoxy) is 1. The molecule has 0 N–H and O–H groups in total. The summed E-state index contributed by atoms with van der Waals surface area (Å²) < 4.78 is 5.42. The van der Waals surface area contributed by atoms with Gasteiger partial charge in [-0.3, -0.25) is 0 Å². The summed E-state index contributed by atoms with van der Waals surface area (Å²) in [5, 5.41) is 2.77. The molecule has 0 aromatic rings. The van der Waals surface area contributed by atoms with E-state index < -0.39 is 0 Å². The molecule has 0 spiro atoms. The molecule has 0 atom stereocenters. The first-order chi connectivity index (χ1) is 7.79. The minimum absolute atomic E-state index is 0.413. The molecule has 0 aromatic heterocycles. The lowest BCUT2D eigenvalue weighted by Crippen LogP contribution is -2.22. The van der Waals surface area contributed by atoms with Crippen LogP contribution in [0.15, 0.2) is 41.7 Å². The molecule has 16 heavy (non-hydrogen) atoms. The summed E-state index contributed by atoms with van der Waals surface area (Å²) in [5.74, 6) is 0.717. The SMILES string of the molecule is CC/C=C\COCN1C=CN(C)/C1=C\N=O. The summed E-state index contributed by atoms with van der Waals surface area (Å²) >= 11 is 0. The van der Waals surface area contributed by atoms with Crippen LogP contribution in [-0.2, 0) is 4.74 Å². The maximum absolute atomic E-state index is 10.2. The van der Waals surface area contributed by atoms with Gasteiger partial charge in [-0.1, -0.05) is 19.1 Å². The number of allylic oxidation sites excluding steroid dienone is 1. The first-order valence-corrected chi connectivity index (χ1v) is 5.22. The lowest BCUT2D eigenvalue weighted by atomic mass is 10.4. The van der Waals surface area contributed by atoms with Gasteiger partial charge in [-0.05, 0) is 11.6 Å². The second-order valence-corrected chi connectivity index (χ2v) is 3.35. The average molecular weight is 223 g/mol. The van der Waals surface area contributed by atoms with Crippen molar-refractivity contribution in [3.05, 3.63) is 41.5 Å². The van der Waals surface area contributed by atoms with E-state index in [0.29, 0.717) is 13.3 Å². The third kappa shape index (κ3) is 3.51. The van der Waals surface area contributed by atoms with Gasteiger partial charge in [-0.25, -0.2) is 0 Å². The largest absolute Gasteiger partial charge is 0.357 e. The summed E-state index contributed by atoms with van der Waals surface area (Å²) in [6.45, 7) is 3.06. The standard InChI is InChI=1S/C11H17N3O2/c1-3-4-5-8-16-10-14-7-6-13(2)11(14)9-12-15/h4-7,9H,3,8,10H2,1-2H3/b5-4-,11-9+. The molecule has 1 aliphatic rings. The van der Waals surface area contributed by atoms with Crippen molar-refractivity contribution < 1.29 is 4.74 Å². The van der Waals surface area contributed by atoms with Crippen LogP contribution in [0, 0.1) is 4.91 Å². The molecule has 5 heteroatoms. The van der Waals surface area contributed by atoms with Crippen LogP contribution in [-0.4, -0.2) is 30.2 Å². The first-order valence-electron chi connectivity index (χ1n) is 5.22. The highest BCUT2D eigenvalue weighted by molar-refractivity contribution is 5.12. The number of nitroso groups, excluding NO2 is 1. The van der Waals surface area contributed by atoms with Crippen molar-refractivity contribution >= 4 is 0 Å². The van der Waals surface area contributed by atoms with Gasteiger partial charge in [0.15, 0.2) is 0 Å². The van der Waals surface area contributed by atoms with E-state index in [0.717, 1.165) is 12.2 Å². The molecule has 0 fully saturated rings. The Hall–Kier alpha value is -1.62. The number of nitrogens with zero attached hydrogens (tertiary/aromatic N) is 3. The van der Waals surface area contributed by atoms with Gasteiger partial charge >= 0.3 is 0 Å². The Balaban J connectivity index is 2.36. The molecule has 0 unspecified atom stereocenters. The fourth-order valence-electron chi connectivity index (χ4n) is 1.31. The zero-order valence-electron chi connectivity index (χ0n) is 9.67. The first kappa shape index (κ1) is 12.4. The third-order valence-corrected chi connectivity index (χ3v) is 2.14. The summed E-state index contributed by atoms with van der Waals surface area (Å²) in [6, 6.07) is 0. The van der Waals surface area contributed by atoms with Crippen molar-refractivity contribution in [1.29, 1.82) is 0 Å². The van der Waals surface area contributed by atoms with Gasteiger partial charge < -0.3 is 14.5 Å². The fourth-order valence-corrected chi connectivity index (χ4v) is 1.31. The normalized spacial score (nSPS) is 18.0. The van der Waals surface area contributed by atoms with E-state index in [2.05, 4.69) is 18.2 Å². The van der Waals surface area contributed by atoms with E-state index in [-0.39, 0.29) is 0 Å². The van der Waals surface area contributed by atoms with Crippen molar-refractivity contribution in [2.45, 2.75) is 13.3 Å². The molecular formula is C11H17N3O2. The Labute approximate surface area is 95.6 Å². The number of rotatable bonds is 6. The molecule has 0 bridgehead atoms. The van der Waals surface area contributed by atoms with E-state index in [1.165, 1.54) is 6.20 Å². The van der Waals surface area contributed by atoms with Crippen LogP contribution in [0.4, 0.5) is 0 Å². The average Bonchev–Trinajstić information content (AvgIpc) is 2.62. The number of hydrogen-bond acceptors (Lipinski definition) is 5. The maximum Gasteiger partial charge on any atom is 0.136 e. The highest BCUT2D eigenvalue weighted by Crippen LogP contribution is 2.17.